The molecule has 2 aliphatic rings. The van der Waals surface area contributed by atoms with Crippen molar-refractivity contribution < 1.29 is 13.9 Å². The smallest absolute Gasteiger partial charge is 0.258 e. The SMILES string of the molecule is O=C(c1cnc(N[C@H]2Cc3cc(Cl)cc(F)c3C2)nc1)N1CCCOC1. The van der Waals surface area contributed by atoms with E-state index in [-0.39, 0.29) is 17.8 Å². The first-order valence-corrected chi connectivity index (χ1v) is 8.90. The zero-order valence-electron chi connectivity index (χ0n) is 14.0. The average Bonchev–Trinajstić information content (AvgIpc) is 3.05. The minimum absolute atomic E-state index is 0.00462. The lowest BCUT2D eigenvalue weighted by atomic mass is 10.1. The highest BCUT2D eigenvalue weighted by Crippen LogP contribution is 2.29. The van der Waals surface area contributed by atoms with E-state index in [4.69, 9.17) is 16.3 Å². The lowest BCUT2D eigenvalue weighted by Crippen LogP contribution is -2.38. The second-order valence-electron chi connectivity index (χ2n) is 6.53. The largest absolute Gasteiger partial charge is 0.361 e. The van der Waals surface area contributed by atoms with Crippen LogP contribution in [0.25, 0.3) is 0 Å². The van der Waals surface area contributed by atoms with Crippen molar-refractivity contribution >= 4 is 23.5 Å². The highest BCUT2D eigenvalue weighted by Gasteiger charge is 2.26. The van der Waals surface area contributed by atoms with Crippen molar-refractivity contribution in [2.45, 2.75) is 25.3 Å². The van der Waals surface area contributed by atoms with Gasteiger partial charge in [-0.15, -0.1) is 0 Å². The maximum absolute atomic E-state index is 14.0. The number of nitrogens with one attached hydrogen (secondary N) is 1. The molecule has 8 heteroatoms. The summed E-state index contributed by atoms with van der Waals surface area (Å²) in [7, 11) is 0. The van der Waals surface area contributed by atoms with Gasteiger partial charge in [0.05, 0.1) is 12.2 Å². The average molecular weight is 377 g/mol. The van der Waals surface area contributed by atoms with E-state index in [0.29, 0.717) is 54.8 Å². The van der Waals surface area contributed by atoms with Crippen LogP contribution in [0.15, 0.2) is 24.5 Å². The van der Waals surface area contributed by atoms with E-state index in [1.165, 1.54) is 18.5 Å². The van der Waals surface area contributed by atoms with Crippen LogP contribution in [0.1, 0.15) is 27.9 Å². The second-order valence-corrected chi connectivity index (χ2v) is 6.97. The van der Waals surface area contributed by atoms with Crippen molar-refractivity contribution in [1.29, 1.82) is 0 Å². The summed E-state index contributed by atoms with van der Waals surface area (Å²) in [5.74, 6) is 0.00408. The normalized spacial score (nSPS) is 19.3. The van der Waals surface area contributed by atoms with Gasteiger partial charge in [0.25, 0.3) is 5.91 Å². The molecular formula is C18H18ClFN4O2. The van der Waals surface area contributed by atoms with Gasteiger partial charge in [0.15, 0.2) is 0 Å². The van der Waals surface area contributed by atoms with Crippen LogP contribution in [0.3, 0.4) is 0 Å². The number of nitrogens with zero attached hydrogens (tertiary/aromatic N) is 3. The molecule has 1 aromatic carbocycles. The number of halogens is 2. The van der Waals surface area contributed by atoms with Crippen LogP contribution in [0.2, 0.25) is 5.02 Å². The summed E-state index contributed by atoms with van der Waals surface area (Å²) in [5, 5.41) is 3.60. The third kappa shape index (κ3) is 3.50. The molecule has 1 aromatic heterocycles. The van der Waals surface area contributed by atoms with Gasteiger partial charge in [0.1, 0.15) is 12.5 Å². The third-order valence-corrected chi connectivity index (χ3v) is 4.87. The molecule has 0 unspecified atom stereocenters. The van der Waals surface area contributed by atoms with Crippen molar-refractivity contribution in [2.75, 3.05) is 25.2 Å². The first-order valence-electron chi connectivity index (χ1n) is 8.52. The molecule has 4 rings (SSSR count). The summed E-state index contributed by atoms with van der Waals surface area (Å²) in [4.78, 5) is 22.5. The summed E-state index contributed by atoms with van der Waals surface area (Å²) in [6.45, 7) is 1.65. The highest BCUT2D eigenvalue weighted by molar-refractivity contribution is 6.30. The molecule has 1 fully saturated rings. The van der Waals surface area contributed by atoms with Gasteiger partial charge < -0.3 is 15.0 Å². The fourth-order valence-electron chi connectivity index (χ4n) is 3.39. The van der Waals surface area contributed by atoms with E-state index in [0.717, 1.165) is 12.0 Å². The predicted molar refractivity (Wildman–Crippen MR) is 94.7 cm³/mol. The Kier molecular flexibility index (Phi) is 4.74. The Labute approximate surface area is 155 Å². The van der Waals surface area contributed by atoms with Crippen LogP contribution in [-0.2, 0) is 17.6 Å². The number of amides is 1. The Bertz CT molecular complexity index is 825. The molecule has 26 heavy (non-hydrogen) atoms. The molecule has 0 saturated carbocycles. The highest BCUT2D eigenvalue weighted by atomic mass is 35.5. The van der Waals surface area contributed by atoms with E-state index in [1.807, 2.05) is 0 Å². The molecule has 6 nitrogen and oxygen atoms in total. The summed E-state index contributed by atoms with van der Waals surface area (Å²) < 4.78 is 19.3. The maximum atomic E-state index is 14.0. The van der Waals surface area contributed by atoms with E-state index in [9.17, 15) is 9.18 Å². The Morgan fingerprint density at radius 1 is 1.31 bits per heavy atom. The van der Waals surface area contributed by atoms with Gasteiger partial charge >= 0.3 is 0 Å². The lowest BCUT2D eigenvalue weighted by molar-refractivity contribution is -0.00575. The molecule has 1 atom stereocenters. The predicted octanol–water partition coefficient (Wildman–Crippen LogP) is 2.67. The summed E-state index contributed by atoms with van der Waals surface area (Å²) >= 11 is 5.92. The van der Waals surface area contributed by atoms with Crippen LogP contribution < -0.4 is 5.32 Å². The topological polar surface area (TPSA) is 67.4 Å². The lowest BCUT2D eigenvalue weighted by Gasteiger charge is -2.26. The molecule has 136 valence electrons. The van der Waals surface area contributed by atoms with Crippen LogP contribution in [0, 0.1) is 5.82 Å². The van der Waals surface area contributed by atoms with Gasteiger partial charge in [0.2, 0.25) is 5.95 Å². The van der Waals surface area contributed by atoms with Gasteiger partial charge in [-0.05, 0) is 42.5 Å². The number of hydrogen-bond donors (Lipinski definition) is 1. The Balaban J connectivity index is 1.41. The van der Waals surface area contributed by atoms with Crippen LogP contribution in [0.5, 0.6) is 0 Å². The Morgan fingerprint density at radius 3 is 2.85 bits per heavy atom. The second kappa shape index (κ2) is 7.17. The zero-order valence-corrected chi connectivity index (χ0v) is 14.8. The number of benzene rings is 1. The monoisotopic (exact) mass is 376 g/mol. The van der Waals surface area contributed by atoms with E-state index < -0.39 is 0 Å². The van der Waals surface area contributed by atoms with Gasteiger partial charge in [-0.25, -0.2) is 14.4 Å². The van der Waals surface area contributed by atoms with Gasteiger partial charge in [-0.2, -0.15) is 0 Å². The number of anilines is 1. The molecule has 0 radical (unpaired) electrons. The standard InChI is InChI=1S/C18H18ClFN4O2/c19-13-4-11-5-14(7-15(11)16(20)6-13)23-18-21-8-12(9-22-18)17(25)24-2-1-3-26-10-24/h4,6,8-9,14H,1-3,5,7,10H2,(H,21,22,23)/t14-/m0/s1. The van der Waals surface area contributed by atoms with Crippen molar-refractivity contribution in [3.05, 3.63) is 52.1 Å². The van der Waals surface area contributed by atoms with Gasteiger partial charge in [-0.1, -0.05) is 11.6 Å². The fraction of sp³-hybridized carbons (Fsp3) is 0.389. The number of carbonyl (C=O) groups is 1. The summed E-state index contributed by atoms with van der Waals surface area (Å²) in [6.07, 6.45) is 5.04. The molecule has 0 bridgehead atoms. The zero-order chi connectivity index (χ0) is 18.1. The molecule has 0 spiro atoms. The van der Waals surface area contributed by atoms with Crippen molar-refractivity contribution in [1.82, 2.24) is 14.9 Å². The molecule has 2 heterocycles. The van der Waals surface area contributed by atoms with E-state index in [1.54, 1.807) is 11.0 Å². The Morgan fingerprint density at radius 2 is 2.12 bits per heavy atom. The molecule has 1 aliphatic carbocycles. The number of hydrogen-bond acceptors (Lipinski definition) is 5. The number of rotatable bonds is 3. The van der Waals surface area contributed by atoms with Gasteiger partial charge in [0, 0.05) is 30.0 Å². The van der Waals surface area contributed by atoms with Crippen LogP contribution >= 0.6 is 11.6 Å². The number of carbonyl (C=O) groups excluding carboxylic acids is 1. The summed E-state index contributed by atoms with van der Waals surface area (Å²) in [5.41, 5.74) is 2.02. The molecule has 1 amide bonds. The molecular weight excluding hydrogens is 359 g/mol. The van der Waals surface area contributed by atoms with Crippen LogP contribution in [-0.4, -0.2) is 46.7 Å². The third-order valence-electron chi connectivity index (χ3n) is 4.65. The van der Waals surface area contributed by atoms with Crippen molar-refractivity contribution in [3.8, 4) is 0 Å². The minimum Gasteiger partial charge on any atom is -0.361 e. The number of fused-ring (bicyclic) bond motifs is 1. The minimum atomic E-state index is -0.276. The van der Waals surface area contributed by atoms with Crippen LogP contribution in [0.4, 0.5) is 10.3 Å². The number of ether oxygens (including phenoxy) is 1. The molecule has 2 aromatic rings. The molecule has 1 aliphatic heterocycles. The fourth-order valence-corrected chi connectivity index (χ4v) is 3.62. The quantitative estimate of drug-likeness (QED) is 0.892. The Hall–Kier alpha value is -2.25. The molecule has 1 saturated heterocycles. The first-order chi connectivity index (χ1) is 12.6. The van der Waals surface area contributed by atoms with E-state index in [2.05, 4.69) is 15.3 Å². The van der Waals surface area contributed by atoms with Crippen molar-refractivity contribution in [2.24, 2.45) is 0 Å². The first kappa shape index (κ1) is 17.2. The van der Waals surface area contributed by atoms with Gasteiger partial charge in [-0.3, -0.25) is 4.79 Å². The van der Waals surface area contributed by atoms with Crippen molar-refractivity contribution in [3.63, 3.8) is 0 Å². The number of aromatic nitrogens is 2. The molecule has 1 N–H and O–H groups in total. The van der Waals surface area contributed by atoms with E-state index >= 15 is 0 Å². The summed E-state index contributed by atoms with van der Waals surface area (Å²) in [6, 6.07) is 3.13. The maximum Gasteiger partial charge on any atom is 0.258 e.